The highest BCUT2D eigenvalue weighted by molar-refractivity contribution is 6.14. The first-order chi connectivity index (χ1) is 12.6. The van der Waals surface area contributed by atoms with Crippen LogP contribution in [0.3, 0.4) is 0 Å². The first-order valence-electron chi connectivity index (χ1n) is 8.51. The van der Waals surface area contributed by atoms with E-state index < -0.39 is 0 Å². The summed E-state index contributed by atoms with van der Waals surface area (Å²) in [5.74, 6) is 1.72. The molecule has 0 aliphatic carbocycles. The lowest BCUT2D eigenvalue weighted by atomic mass is 9.94. The predicted octanol–water partition coefficient (Wildman–Crippen LogP) is 4.11. The van der Waals surface area contributed by atoms with Crippen molar-refractivity contribution in [3.05, 3.63) is 70.8 Å². The van der Waals surface area contributed by atoms with Crippen molar-refractivity contribution in [3.8, 4) is 11.5 Å². The Balaban J connectivity index is 0.00000261. The second kappa shape index (κ2) is 9.40. The molecule has 2 aromatic rings. The smallest absolute Gasteiger partial charge is 0.187 e. The maximum Gasteiger partial charge on any atom is 0.187 e. The maximum atomic E-state index is 12.9. The van der Waals surface area contributed by atoms with E-state index in [1.807, 2.05) is 67.7 Å². The molecule has 0 aromatic heterocycles. The molecule has 1 fully saturated rings. The van der Waals surface area contributed by atoms with Crippen LogP contribution in [-0.4, -0.2) is 45.0 Å². The lowest BCUT2D eigenvalue weighted by Gasteiger charge is -2.26. The van der Waals surface area contributed by atoms with E-state index in [-0.39, 0.29) is 18.2 Å². The van der Waals surface area contributed by atoms with Crippen LogP contribution in [0.25, 0.3) is 12.2 Å². The molecule has 0 spiro atoms. The number of benzene rings is 2. The number of ether oxygens (including phenoxy) is 2. The van der Waals surface area contributed by atoms with Gasteiger partial charge in [0.05, 0.1) is 14.2 Å². The molecule has 0 amide bonds. The summed E-state index contributed by atoms with van der Waals surface area (Å²) in [6.45, 7) is 1.29. The molecule has 27 heavy (non-hydrogen) atoms. The highest BCUT2D eigenvalue weighted by Gasteiger charge is 2.23. The highest BCUT2D eigenvalue weighted by atomic mass is 35.5. The molecule has 142 valence electrons. The average molecular weight is 386 g/mol. The predicted molar refractivity (Wildman–Crippen MR) is 112 cm³/mol. The summed E-state index contributed by atoms with van der Waals surface area (Å²) in [5.41, 5.74) is 3.58. The van der Waals surface area contributed by atoms with Crippen LogP contribution in [0, 0.1) is 0 Å². The molecule has 1 aliphatic rings. The Hall–Kier alpha value is -2.56. The molecule has 0 N–H and O–H groups in total. The number of likely N-dealkylation sites (N-methyl/N-ethyl adjacent to an activating group) is 1. The van der Waals surface area contributed by atoms with Crippen molar-refractivity contribution in [1.29, 1.82) is 0 Å². The molecular formula is C22H24ClNO3. The summed E-state index contributed by atoms with van der Waals surface area (Å²) < 4.78 is 10.4. The van der Waals surface area contributed by atoms with Crippen LogP contribution in [0.1, 0.15) is 11.1 Å². The van der Waals surface area contributed by atoms with Gasteiger partial charge in [-0.3, -0.25) is 9.69 Å². The molecule has 0 saturated carbocycles. The van der Waals surface area contributed by atoms with Crippen molar-refractivity contribution in [2.24, 2.45) is 0 Å². The number of likely N-dealkylation sites (tertiary alicyclic amines) is 1. The molecule has 0 radical (unpaired) electrons. The maximum absolute atomic E-state index is 12.9. The number of methoxy groups -OCH3 is 2. The Bertz CT molecular complexity index is 769. The van der Waals surface area contributed by atoms with Gasteiger partial charge in [-0.1, -0.05) is 24.3 Å². The Kier molecular flexibility index (Phi) is 7.22. The molecule has 0 unspecified atom stereocenters. The van der Waals surface area contributed by atoms with Gasteiger partial charge in [0.25, 0.3) is 0 Å². The topological polar surface area (TPSA) is 38.8 Å². The molecular weight excluding hydrogens is 362 g/mol. The average Bonchev–Trinajstić information content (AvgIpc) is 2.66. The summed E-state index contributed by atoms with van der Waals surface area (Å²) in [7, 11) is 5.31. The van der Waals surface area contributed by atoms with E-state index in [0.29, 0.717) is 13.1 Å². The number of rotatable bonds is 4. The number of carbonyl (C=O) groups excluding carboxylic acids is 1. The first-order valence-corrected chi connectivity index (χ1v) is 8.51. The van der Waals surface area contributed by atoms with Crippen molar-refractivity contribution >= 4 is 30.3 Å². The number of hydrogen-bond donors (Lipinski definition) is 0. The van der Waals surface area contributed by atoms with E-state index in [1.54, 1.807) is 14.2 Å². The normalized spacial score (nSPS) is 17.7. The van der Waals surface area contributed by atoms with Crippen LogP contribution >= 0.6 is 12.4 Å². The zero-order valence-corrected chi connectivity index (χ0v) is 16.6. The molecule has 1 saturated heterocycles. The van der Waals surface area contributed by atoms with E-state index in [2.05, 4.69) is 4.90 Å². The number of nitrogens with zero attached hydrogens (tertiary/aromatic N) is 1. The summed E-state index contributed by atoms with van der Waals surface area (Å²) in [6.07, 6.45) is 3.92. The number of Topliss-reactive ketones (excluding diaryl/α,β-unsaturated/α-hetero) is 1. The molecule has 1 heterocycles. The standard InChI is InChI=1S/C22H23NO3.ClH/c1-23-14-18(12-16-4-8-20(25-2)9-5-16)22(24)19(15-23)13-17-6-10-21(26-3)11-7-17;/h4-13H,14-15H2,1-3H3;1H. The molecule has 5 heteroatoms. The Morgan fingerprint density at radius 2 is 1.15 bits per heavy atom. The molecule has 0 atom stereocenters. The van der Waals surface area contributed by atoms with Gasteiger partial charge in [0.2, 0.25) is 0 Å². The fourth-order valence-electron chi connectivity index (χ4n) is 3.01. The van der Waals surface area contributed by atoms with Gasteiger partial charge in [0.1, 0.15) is 11.5 Å². The van der Waals surface area contributed by atoms with E-state index in [0.717, 1.165) is 33.8 Å². The highest BCUT2D eigenvalue weighted by Crippen LogP contribution is 2.23. The minimum absolute atomic E-state index is 0. The summed E-state index contributed by atoms with van der Waals surface area (Å²) in [6, 6.07) is 15.4. The summed E-state index contributed by atoms with van der Waals surface area (Å²) in [5, 5.41) is 0. The van der Waals surface area contributed by atoms with Crippen LogP contribution in [0.15, 0.2) is 59.7 Å². The second-order valence-corrected chi connectivity index (χ2v) is 6.39. The number of hydrogen-bond acceptors (Lipinski definition) is 4. The fraction of sp³-hybridized carbons (Fsp3) is 0.227. The Morgan fingerprint density at radius 1 is 0.778 bits per heavy atom. The molecule has 4 nitrogen and oxygen atoms in total. The minimum atomic E-state index is 0. The third-order valence-corrected chi connectivity index (χ3v) is 4.38. The molecule has 3 rings (SSSR count). The van der Waals surface area contributed by atoms with E-state index in [4.69, 9.17) is 9.47 Å². The lowest BCUT2D eigenvalue weighted by Crippen LogP contribution is -2.34. The quantitative estimate of drug-likeness (QED) is 0.742. The van der Waals surface area contributed by atoms with Gasteiger partial charge in [-0.05, 0) is 54.6 Å². The van der Waals surface area contributed by atoms with Gasteiger partial charge in [0, 0.05) is 24.2 Å². The third-order valence-electron chi connectivity index (χ3n) is 4.38. The molecule has 2 aromatic carbocycles. The number of piperidine rings is 1. The number of halogens is 1. The van der Waals surface area contributed by atoms with Gasteiger partial charge in [-0.15, -0.1) is 12.4 Å². The first kappa shape index (κ1) is 20.7. The zero-order chi connectivity index (χ0) is 18.5. The van der Waals surface area contributed by atoms with Crippen LogP contribution in [0.5, 0.6) is 11.5 Å². The van der Waals surface area contributed by atoms with Crippen LogP contribution in [-0.2, 0) is 4.79 Å². The summed E-state index contributed by atoms with van der Waals surface area (Å²) in [4.78, 5) is 15.1. The van der Waals surface area contributed by atoms with E-state index >= 15 is 0 Å². The Morgan fingerprint density at radius 3 is 1.48 bits per heavy atom. The van der Waals surface area contributed by atoms with Crippen LogP contribution in [0.2, 0.25) is 0 Å². The van der Waals surface area contributed by atoms with Gasteiger partial charge >= 0.3 is 0 Å². The summed E-state index contributed by atoms with van der Waals surface area (Å²) >= 11 is 0. The molecule has 1 aliphatic heterocycles. The SMILES string of the molecule is COc1ccc(C=C2CN(C)CC(=Cc3ccc(OC)cc3)C2=O)cc1.Cl. The van der Waals surface area contributed by atoms with Crippen molar-refractivity contribution in [3.63, 3.8) is 0 Å². The number of ketones is 1. The van der Waals surface area contributed by atoms with Gasteiger partial charge in [0.15, 0.2) is 5.78 Å². The minimum Gasteiger partial charge on any atom is -0.497 e. The van der Waals surface area contributed by atoms with Crippen LogP contribution in [0.4, 0.5) is 0 Å². The third kappa shape index (κ3) is 5.22. The van der Waals surface area contributed by atoms with E-state index in [9.17, 15) is 4.79 Å². The number of carbonyl (C=O) groups is 1. The monoisotopic (exact) mass is 385 g/mol. The van der Waals surface area contributed by atoms with Crippen molar-refractivity contribution < 1.29 is 14.3 Å². The Labute approximate surface area is 166 Å². The van der Waals surface area contributed by atoms with Gasteiger partial charge in [-0.25, -0.2) is 0 Å². The second-order valence-electron chi connectivity index (χ2n) is 6.39. The lowest BCUT2D eigenvalue weighted by molar-refractivity contribution is -0.113. The van der Waals surface area contributed by atoms with Crippen molar-refractivity contribution in [2.75, 3.05) is 34.4 Å². The van der Waals surface area contributed by atoms with Gasteiger partial charge < -0.3 is 9.47 Å². The van der Waals surface area contributed by atoms with Crippen molar-refractivity contribution in [1.82, 2.24) is 4.90 Å². The largest absolute Gasteiger partial charge is 0.497 e. The molecule has 0 bridgehead atoms. The fourth-order valence-corrected chi connectivity index (χ4v) is 3.01. The van der Waals surface area contributed by atoms with E-state index in [1.165, 1.54) is 0 Å². The van der Waals surface area contributed by atoms with Gasteiger partial charge in [-0.2, -0.15) is 0 Å². The van der Waals surface area contributed by atoms with Crippen LogP contribution < -0.4 is 9.47 Å². The zero-order valence-electron chi connectivity index (χ0n) is 15.8. The van der Waals surface area contributed by atoms with Crippen molar-refractivity contribution in [2.45, 2.75) is 0 Å².